The normalized spacial score (nSPS) is 30.9. The van der Waals surface area contributed by atoms with Crippen LogP contribution in [0.5, 0.6) is 0 Å². The van der Waals surface area contributed by atoms with Crippen molar-refractivity contribution < 1.29 is 0 Å². The average Bonchev–Trinajstić information content (AvgIpc) is 2.48. The number of piperazine rings is 1. The van der Waals surface area contributed by atoms with E-state index in [9.17, 15) is 0 Å². The second-order valence-corrected chi connectivity index (χ2v) is 7.62. The van der Waals surface area contributed by atoms with Gasteiger partial charge in [0, 0.05) is 24.2 Å². The summed E-state index contributed by atoms with van der Waals surface area (Å²) in [7, 11) is 0. The molecule has 1 aliphatic heterocycles. The second kappa shape index (κ2) is 5.96. The standard InChI is InChI=1S/C18H34N2/c1-3-19-15-17(11-7-5-8-12-17)20(4-2)18(16-19)13-9-6-10-14-18/h3-16H2,1-2H3. The van der Waals surface area contributed by atoms with Crippen molar-refractivity contribution in [3.8, 4) is 0 Å². The molecule has 2 spiro atoms. The van der Waals surface area contributed by atoms with Gasteiger partial charge in [-0.3, -0.25) is 9.80 Å². The average molecular weight is 278 g/mol. The summed E-state index contributed by atoms with van der Waals surface area (Å²) in [4.78, 5) is 5.81. The first-order valence-electron chi connectivity index (χ1n) is 9.25. The van der Waals surface area contributed by atoms with E-state index in [0.717, 1.165) is 0 Å². The van der Waals surface area contributed by atoms with E-state index < -0.39 is 0 Å². The number of nitrogens with zero attached hydrogens (tertiary/aromatic N) is 2. The van der Waals surface area contributed by atoms with E-state index in [1.54, 1.807) is 0 Å². The highest BCUT2D eigenvalue weighted by Crippen LogP contribution is 2.47. The fourth-order valence-corrected chi connectivity index (χ4v) is 5.73. The molecule has 0 aromatic heterocycles. The van der Waals surface area contributed by atoms with Gasteiger partial charge in [0.05, 0.1) is 0 Å². The van der Waals surface area contributed by atoms with E-state index >= 15 is 0 Å². The van der Waals surface area contributed by atoms with Crippen LogP contribution < -0.4 is 0 Å². The van der Waals surface area contributed by atoms with Gasteiger partial charge in [0.25, 0.3) is 0 Å². The zero-order chi connectivity index (χ0) is 14.1. The molecule has 2 heteroatoms. The lowest BCUT2D eigenvalue weighted by atomic mass is 9.70. The summed E-state index contributed by atoms with van der Waals surface area (Å²) in [6.07, 6.45) is 14.6. The lowest BCUT2D eigenvalue weighted by Gasteiger charge is -2.63. The van der Waals surface area contributed by atoms with Gasteiger partial charge in [0.1, 0.15) is 0 Å². The van der Waals surface area contributed by atoms with Gasteiger partial charge in [-0.1, -0.05) is 52.4 Å². The topological polar surface area (TPSA) is 6.48 Å². The minimum absolute atomic E-state index is 0.526. The van der Waals surface area contributed by atoms with E-state index in [4.69, 9.17) is 0 Å². The Bertz CT molecular complexity index is 285. The van der Waals surface area contributed by atoms with Gasteiger partial charge in [-0.2, -0.15) is 0 Å². The largest absolute Gasteiger partial charge is 0.300 e. The summed E-state index contributed by atoms with van der Waals surface area (Å²) in [5.41, 5.74) is 1.05. The molecule has 0 aromatic rings. The van der Waals surface area contributed by atoms with Crippen molar-refractivity contribution >= 4 is 0 Å². The third kappa shape index (κ3) is 2.43. The van der Waals surface area contributed by atoms with Crippen LogP contribution in [0.25, 0.3) is 0 Å². The number of hydrogen-bond donors (Lipinski definition) is 0. The summed E-state index contributed by atoms with van der Waals surface area (Å²) >= 11 is 0. The quantitative estimate of drug-likeness (QED) is 0.752. The van der Waals surface area contributed by atoms with Crippen molar-refractivity contribution in [1.82, 2.24) is 9.80 Å². The van der Waals surface area contributed by atoms with Crippen LogP contribution in [-0.4, -0.2) is 47.1 Å². The lowest BCUT2D eigenvalue weighted by molar-refractivity contribution is -0.125. The van der Waals surface area contributed by atoms with E-state index in [1.807, 2.05) is 0 Å². The molecular formula is C18H34N2. The second-order valence-electron chi connectivity index (χ2n) is 7.62. The molecule has 20 heavy (non-hydrogen) atoms. The van der Waals surface area contributed by atoms with Gasteiger partial charge < -0.3 is 0 Å². The molecule has 1 saturated heterocycles. The summed E-state index contributed by atoms with van der Waals surface area (Å²) in [6.45, 7) is 10.0. The molecule has 0 N–H and O–H groups in total. The maximum absolute atomic E-state index is 3.02. The van der Waals surface area contributed by atoms with Crippen molar-refractivity contribution in [3.63, 3.8) is 0 Å². The van der Waals surface area contributed by atoms with Crippen molar-refractivity contribution in [2.75, 3.05) is 26.2 Å². The molecule has 0 amide bonds. The van der Waals surface area contributed by atoms with Crippen molar-refractivity contribution in [2.45, 2.75) is 89.1 Å². The summed E-state index contributed by atoms with van der Waals surface area (Å²) in [5, 5.41) is 0. The predicted octanol–water partition coefficient (Wildman–Crippen LogP) is 4.05. The molecule has 2 saturated carbocycles. The first-order chi connectivity index (χ1) is 9.75. The summed E-state index contributed by atoms with van der Waals surface area (Å²) in [6, 6.07) is 0. The van der Waals surface area contributed by atoms with E-state index in [2.05, 4.69) is 23.6 Å². The maximum Gasteiger partial charge on any atom is 0.0342 e. The Morgan fingerprint density at radius 2 is 1.10 bits per heavy atom. The Morgan fingerprint density at radius 1 is 0.650 bits per heavy atom. The number of rotatable bonds is 2. The van der Waals surface area contributed by atoms with Gasteiger partial charge in [-0.15, -0.1) is 0 Å². The molecule has 0 atom stereocenters. The zero-order valence-electron chi connectivity index (χ0n) is 13.8. The fourth-order valence-electron chi connectivity index (χ4n) is 5.73. The molecule has 2 aliphatic carbocycles. The zero-order valence-corrected chi connectivity index (χ0v) is 13.8. The van der Waals surface area contributed by atoms with Gasteiger partial charge in [-0.25, -0.2) is 0 Å². The Balaban J connectivity index is 1.91. The van der Waals surface area contributed by atoms with Crippen LogP contribution in [0.15, 0.2) is 0 Å². The molecule has 0 unspecified atom stereocenters. The minimum atomic E-state index is 0.526. The van der Waals surface area contributed by atoms with Crippen LogP contribution in [0.4, 0.5) is 0 Å². The smallest absolute Gasteiger partial charge is 0.0342 e. The molecule has 0 radical (unpaired) electrons. The van der Waals surface area contributed by atoms with Crippen LogP contribution >= 0.6 is 0 Å². The summed E-state index contributed by atoms with van der Waals surface area (Å²) in [5.74, 6) is 0. The van der Waals surface area contributed by atoms with Gasteiger partial charge in [0.2, 0.25) is 0 Å². The first kappa shape index (κ1) is 14.8. The van der Waals surface area contributed by atoms with Crippen molar-refractivity contribution in [3.05, 3.63) is 0 Å². The van der Waals surface area contributed by atoms with E-state index in [-0.39, 0.29) is 0 Å². The molecule has 1 heterocycles. The number of hydrogen-bond acceptors (Lipinski definition) is 2. The van der Waals surface area contributed by atoms with Crippen LogP contribution in [0, 0.1) is 0 Å². The number of likely N-dealkylation sites (N-methyl/N-ethyl adjacent to an activating group) is 2. The third-order valence-corrected chi connectivity index (χ3v) is 6.51. The fraction of sp³-hybridized carbons (Fsp3) is 1.00. The highest BCUT2D eigenvalue weighted by molar-refractivity contribution is 5.09. The van der Waals surface area contributed by atoms with Gasteiger partial charge in [0.15, 0.2) is 0 Å². The first-order valence-corrected chi connectivity index (χ1v) is 9.25. The van der Waals surface area contributed by atoms with Gasteiger partial charge >= 0.3 is 0 Å². The van der Waals surface area contributed by atoms with E-state index in [0.29, 0.717) is 11.1 Å². The van der Waals surface area contributed by atoms with Crippen molar-refractivity contribution in [1.29, 1.82) is 0 Å². The molecule has 2 nitrogen and oxygen atoms in total. The molecule has 3 rings (SSSR count). The van der Waals surface area contributed by atoms with Crippen LogP contribution in [0.3, 0.4) is 0 Å². The lowest BCUT2D eigenvalue weighted by Crippen LogP contribution is -2.73. The van der Waals surface area contributed by atoms with E-state index in [1.165, 1.54) is 90.4 Å². The molecular weight excluding hydrogens is 244 g/mol. The Hall–Kier alpha value is -0.0800. The van der Waals surface area contributed by atoms with Crippen LogP contribution in [-0.2, 0) is 0 Å². The molecule has 3 fully saturated rings. The molecule has 3 aliphatic rings. The Kier molecular flexibility index (Phi) is 4.42. The molecule has 116 valence electrons. The monoisotopic (exact) mass is 278 g/mol. The van der Waals surface area contributed by atoms with Crippen LogP contribution in [0.1, 0.15) is 78.1 Å². The van der Waals surface area contributed by atoms with Crippen molar-refractivity contribution in [2.24, 2.45) is 0 Å². The maximum atomic E-state index is 3.02. The highest BCUT2D eigenvalue weighted by atomic mass is 15.4. The van der Waals surface area contributed by atoms with Crippen LogP contribution in [0.2, 0.25) is 0 Å². The minimum Gasteiger partial charge on any atom is -0.300 e. The highest BCUT2D eigenvalue weighted by Gasteiger charge is 2.52. The summed E-state index contributed by atoms with van der Waals surface area (Å²) < 4.78 is 0. The molecule has 0 aromatic carbocycles. The molecule has 0 bridgehead atoms. The SMILES string of the molecule is CCN1CC2(CCCCC2)N(CC)C2(CCCCC2)C1. The van der Waals surface area contributed by atoms with Gasteiger partial charge in [-0.05, 0) is 38.8 Å². The predicted molar refractivity (Wildman–Crippen MR) is 86.1 cm³/mol. The Labute approximate surface area is 125 Å². The third-order valence-electron chi connectivity index (χ3n) is 6.51. The Morgan fingerprint density at radius 3 is 1.45 bits per heavy atom.